The maximum atomic E-state index is 11.9. The first-order chi connectivity index (χ1) is 8.29. The number of hydrogen-bond donors (Lipinski definition) is 2. The molecule has 1 amide bonds. The topological polar surface area (TPSA) is 41.1 Å². The lowest BCUT2D eigenvalue weighted by molar-refractivity contribution is 0.0950. The fourth-order valence-corrected chi connectivity index (χ4v) is 2.40. The summed E-state index contributed by atoms with van der Waals surface area (Å²) in [6.07, 6.45) is 4.40. The lowest BCUT2D eigenvalue weighted by Crippen LogP contribution is -2.37. The first-order valence-electron chi connectivity index (χ1n) is 5.95. The highest BCUT2D eigenvalue weighted by molar-refractivity contribution is 7.98. The van der Waals surface area contributed by atoms with E-state index >= 15 is 0 Å². The number of carbonyl (C=O) groups is 1. The predicted octanol–water partition coefficient (Wildman–Crippen LogP) is 1.89. The van der Waals surface area contributed by atoms with E-state index in [0.29, 0.717) is 6.04 Å². The van der Waals surface area contributed by atoms with Gasteiger partial charge in [0, 0.05) is 23.0 Å². The number of carbonyl (C=O) groups excluding carboxylic acids is 1. The van der Waals surface area contributed by atoms with E-state index in [1.54, 1.807) is 11.8 Å². The average Bonchev–Trinajstić information content (AvgIpc) is 2.89. The van der Waals surface area contributed by atoms with Crippen LogP contribution in [-0.2, 0) is 0 Å². The first-order valence-corrected chi connectivity index (χ1v) is 7.17. The quantitative estimate of drug-likeness (QED) is 0.802. The van der Waals surface area contributed by atoms with E-state index in [9.17, 15) is 4.79 Å². The molecule has 1 aliphatic heterocycles. The number of hydrogen-bond acceptors (Lipinski definition) is 3. The van der Waals surface area contributed by atoms with Gasteiger partial charge < -0.3 is 10.6 Å². The van der Waals surface area contributed by atoms with Crippen molar-refractivity contribution in [3.63, 3.8) is 0 Å². The molecule has 0 radical (unpaired) electrons. The monoisotopic (exact) mass is 250 g/mol. The molecule has 1 aromatic rings. The van der Waals surface area contributed by atoms with E-state index in [1.807, 2.05) is 30.5 Å². The van der Waals surface area contributed by atoms with Crippen LogP contribution >= 0.6 is 11.8 Å². The lowest BCUT2D eigenvalue weighted by atomic mass is 10.2. The van der Waals surface area contributed by atoms with Crippen molar-refractivity contribution in [1.29, 1.82) is 0 Å². The number of amides is 1. The minimum Gasteiger partial charge on any atom is -0.350 e. The van der Waals surface area contributed by atoms with Gasteiger partial charge in [-0.3, -0.25) is 4.79 Å². The van der Waals surface area contributed by atoms with Gasteiger partial charge in [-0.05, 0) is 49.9 Å². The molecule has 4 heteroatoms. The van der Waals surface area contributed by atoms with Gasteiger partial charge in [-0.2, -0.15) is 0 Å². The summed E-state index contributed by atoms with van der Waals surface area (Å²) in [7, 11) is 0. The highest BCUT2D eigenvalue weighted by Gasteiger charge is 2.15. The predicted molar refractivity (Wildman–Crippen MR) is 71.6 cm³/mol. The zero-order chi connectivity index (χ0) is 12.1. The molecule has 3 nitrogen and oxygen atoms in total. The van der Waals surface area contributed by atoms with Crippen molar-refractivity contribution in [2.24, 2.45) is 0 Å². The third-order valence-corrected chi connectivity index (χ3v) is 3.77. The van der Waals surface area contributed by atoms with Crippen LogP contribution in [0, 0.1) is 0 Å². The van der Waals surface area contributed by atoms with Crippen LogP contribution in [0.15, 0.2) is 29.2 Å². The molecule has 2 N–H and O–H groups in total. The molecule has 0 saturated carbocycles. The van der Waals surface area contributed by atoms with E-state index in [2.05, 4.69) is 10.6 Å². The van der Waals surface area contributed by atoms with E-state index in [0.717, 1.165) is 25.1 Å². The van der Waals surface area contributed by atoms with Crippen LogP contribution in [-0.4, -0.2) is 31.3 Å². The standard InChI is InChI=1S/C13H18N2OS/c1-17-12-6-4-10(5-7-12)13(16)15-9-11-3-2-8-14-11/h4-7,11,14H,2-3,8-9H2,1H3,(H,15,16). The zero-order valence-electron chi connectivity index (χ0n) is 10.0. The van der Waals surface area contributed by atoms with Crippen molar-refractivity contribution in [1.82, 2.24) is 10.6 Å². The van der Waals surface area contributed by atoms with Crippen LogP contribution in [0.4, 0.5) is 0 Å². The summed E-state index contributed by atoms with van der Waals surface area (Å²) in [5.74, 6) is 0.0198. The van der Waals surface area contributed by atoms with Gasteiger partial charge in [0.1, 0.15) is 0 Å². The molecule has 1 aliphatic rings. The minimum atomic E-state index is 0.0198. The fourth-order valence-electron chi connectivity index (χ4n) is 1.99. The number of benzene rings is 1. The van der Waals surface area contributed by atoms with Crippen molar-refractivity contribution < 1.29 is 4.79 Å². The summed E-state index contributed by atoms with van der Waals surface area (Å²) in [5, 5.41) is 6.33. The van der Waals surface area contributed by atoms with Crippen molar-refractivity contribution in [2.75, 3.05) is 19.3 Å². The van der Waals surface area contributed by atoms with Gasteiger partial charge in [-0.1, -0.05) is 0 Å². The lowest BCUT2D eigenvalue weighted by Gasteiger charge is -2.11. The Balaban J connectivity index is 1.85. The van der Waals surface area contributed by atoms with Crippen molar-refractivity contribution in [3.8, 4) is 0 Å². The fraction of sp³-hybridized carbons (Fsp3) is 0.462. The second-order valence-corrected chi connectivity index (χ2v) is 5.11. The second-order valence-electron chi connectivity index (χ2n) is 4.23. The average molecular weight is 250 g/mol. The summed E-state index contributed by atoms with van der Waals surface area (Å²) in [6, 6.07) is 8.16. The molecule has 1 unspecified atom stereocenters. The van der Waals surface area contributed by atoms with Crippen LogP contribution in [0.25, 0.3) is 0 Å². The van der Waals surface area contributed by atoms with Gasteiger partial charge >= 0.3 is 0 Å². The Morgan fingerprint density at radius 1 is 1.47 bits per heavy atom. The van der Waals surface area contributed by atoms with Gasteiger partial charge in [0.15, 0.2) is 0 Å². The Kier molecular flexibility index (Phi) is 4.45. The molecule has 17 heavy (non-hydrogen) atoms. The zero-order valence-corrected chi connectivity index (χ0v) is 10.8. The Morgan fingerprint density at radius 2 is 2.24 bits per heavy atom. The Labute approximate surface area is 106 Å². The number of nitrogens with one attached hydrogen (secondary N) is 2. The highest BCUT2D eigenvalue weighted by Crippen LogP contribution is 2.14. The molecule has 1 atom stereocenters. The number of rotatable bonds is 4. The summed E-state index contributed by atoms with van der Waals surface area (Å²) in [5.41, 5.74) is 0.737. The molecule has 0 aromatic heterocycles. The van der Waals surface area contributed by atoms with E-state index in [1.165, 1.54) is 11.3 Å². The van der Waals surface area contributed by atoms with Crippen molar-refractivity contribution in [2.45, 2.75) is 23.8 Å². The summed E-state index contributed by atoms with van der Waals surface area (Å²) >= 11 is 1.68. The van der Waals surface area contributed by atoms with Crippen LogP contribution in [0.3, 0.4) is 0 Å². The van der Waals surface area contributed by atoms with Gasteiger partial charge in [0.05, 0.1) is 0 Å². The molecule has 1 aromatic carbocycles. The van der Waals surface area contributed by atoms with Crippen LogP contribution in [0.2, 0.25) is 0 Å². The second kappa shape index (κ2) is 6.07. The molecule has 1 heterocycles. The molecule has 1 fully saturated rings. The molecule has 1 saturated heterocycles. The molecule has 92 valence electrons. The van der Waals surface area contributed by atoms with Gasteiger partial charge in [0.2, 0.25) is 0 Å². The maximum Gasteiger partial charge on any atom is 0.251 e. The van der Waals surface area contributed by atoms with E-state index < -0.39 is 0 Å². The Morgan fingerprint density at radius 3 is 2.82 bits per heavy atom. The third-order valence-electron chi connectivity index (χ3n) is 3.02. The minimum absolute atomic E-state index is 0.0198. The maximum absolute atomic E-state index is 11.9. The molecular weight excluding hydrogens is 232 g/mol. The molecule has 2 rings (SSSR count). The smallest absolute Gasteiger partial charge is 0.251 e. The molecule has 0 bridgehead atoms. The first kappa shape index (κ1) is 12.5. The van der Waals surface area contributed by atoms with Crippen LogP contribution < -0.4 is 10.6 Å². The van der Waals surface area contributed by atoms with Crippen LogP contribution in [0.5, 0.6) is 0 Å². The highest BCUT2D eigenvalue weighted by atomic mass is 32.2. The summed E-state index contributed by atoms with van der Waals surface area (Å²) in [4.78, 5) is 13.0. The molecular formula is C13H18N2OS. The molecule has 0 aliphatic carbocycles. The van der Waals surface area contributed by atoms with Crippen molar-refractivity contribution >= 4 is 17.7 Å². The SMILES string of the molecule is CSc1ccc(C(=O)NCC2CCCN2)cc1. The van der Waals surface area contributed by atoms with E-state index in [4.69, 9.17) is 0 Å². The van der Waals surface area contributed by atoms with E-state index in [-0.39, 0.29) is 5.91 Å². The molecule has 0 spiro atoms. The van der Waals surface area contributed by atoms with Crippen LogP contribution in [0.1, 0.15) is 23.2 Å². The van der Waals surface area contributed by atoms with Gasteiger partial charge in [-0.15, -0.1) is 11.8 Å². The summed E-state index contributed by atoms with van der Waals surface area (Å²) in [6.45, 7) is 1.80. The van der Waals surface area contributed by atoms with Crippen molar-refractivity contribution in [3.05, 3.63) is 29.8 Å². The van der Waals surface area contributed by atoms with Gasteiger partial charge in [-0.25, -0.2) is 0 Å². The third kappa shape index (κ3) is 3.48. The number of thioether (sulfide) groups is 1. The van der Waals surface area contributed by atoms with Gasteiger partial charge in [0.25, 0.3) is 5.91 Å². The largest absolute Gasteiger partial charge is 0.350 e. The Bertz CT molecular complexity index is 372. The summed E-state index contributed by atoms with van der Waals surface area (Å²) < 4.78 is 0. The normalized spacial score (nSPS) is 19.2. The Hall–Kier alpha value is -1.00.